The molecule has 0 saturated carbocycles. The zero-order chi connectivity index (χ0) is 14.7. The first kappa shape index (κ1) is 15.1. The van der Waals surface area contributed by atoms with E-state index in [1.54, 1.807) is 13.0 Å². The monoisotopic (exact) mass is 280 g/mol. The lowest BCUT2D eigenvalue weighted by Gasteiger charge is -2.20. The van der Waals surface area contributed by atoms with Gasteiger partial charge in [-0.3, -0.25) is 0 Å². The molecule has 0 aromatic carbocycles. The van der Waals surface area contributed by atoms with E-state index in [-0.39, 0.29) is 5.76 Å². The Morgan fingerprint density at radius 3 is 2.90 bits per heavy atom. The maximum absolute atomic E-state index is 10.9. The molecule has 2 rings (SSSR count). The number of carboxylic acids is 1. The van der Waals surface area contributed by atoms with Gasteiger partial charge in [-0.15, -0.1) is 0 Å². The summed E-state index contributed by atoms with van der Waals surface area (Å²) in [6, 6.07) is 2.41. The van der Waals surface area contributed by atoms with Gasteiger partial charge in [-0.05, 0) is 52.3 Å². The van der Waals surface area contributed by atoms with Crippen molar-refractivity contribution in [2.24, 2.45) is 5.92 Å². The fourth-order valence-corrected chi connectivity index (χ4v) is 2.75. The quantitative estimate of drug-likeness (QED) is 0.835. The molecular formula is C15H24N2O3. The number of nitrogens with one attached hydrogen (secondary N) is 1. The number of aryl methyl sites for hydroxylation is 1. The zero-order valence-corrected chi connectivity index (χ0v) is 12.5. The second kappa shape index (κ2) is 6.41. The Balaban J connectivity index is 1.76. The van der Waals surface area contributed by atoms with Crippen molar-refractivity contribution in [2.75, 3.05) is 19.6 Å². The molecule has 2 N–H and O–H groups in total. The molecular weight excluding hydrogens is 256 g/mol. The highest BCUT2D eigenvalue weighted by atomic mass is 16.4. The molecule has 5 heteroatoms. The number of furan rings is 1. The number of hydrogen-bond donors (Lipinski definition) is 2. The van der Waals surface area contributed by atoms with E-state index < -0.39 is 5.97 Å². The molecule has 1 saturated heterocycles. The van der Waals surface area contributed by atoms with Crippen LogP contribution in [0.1, 0.15) is 42.1 Å². The van der Waals surface area contributed by atoms with E-state index in [4.69, 9.17) is 9.52 Å². The number of carbonyl (C=O) groups is 1. The van der Waals surface area contributed by atoms with Crippen LogP contribution in [-0.2, 0) is 6.54 Å². The molecule has 1 aliphatic rings. The molecule has 1 aromatic heterocycles. The van der Waals surface area contributed by atoms with Gasteiger partial charge in [0.1, 0.15) is 5.76 Å². The third kappa shape index (κ3) is 3.61. The predicted molar refractivity (Wildman–Crippen MR) is 76.9 cm³/mol. The van der Waals surface area contributed by atoms with Crippen LogP contribution in [0.15, 0.2) is 10.5 Å². The fraction of sp³-hybridized carbons (Fsp3) is 0.667. The van der Waals surface area contributed by atoms with Crippen molar-refractivity contribution in [2.45, 2.75) is 39.8 Å². The van der Waals surface area contributed by atoms with Crippen LogP contribution >= 0.6 is 0 Å². The Kier molecular flexibility index (Phi) is 4.83. The first-order valence-electron chi connectivity index (χ1n) is 7.24. The zero-order valence-electron chi connectivity index (χ0n) is 12.5. The lowest BCUT2D eigenvalue weighted by atomic mass is 10.1. The molecule has 20 heavy (non-hydrogen) atoms. The minimum absolute atomic E-state index is 0.0497. The van der Waals surface area contributed by atoms with E-state index in [0.717, 1.165) is 13.1 Å². The van der Waals surface area contributed by atoms with Gasteiger partial charge in [0.05, 0.1) is 6.54 Å². The van der Waals surface area contributed by atoms with Crippen molar-refractivity contribution in [1.82, 2.24) is 10.2 Å². The maximum Gasteiger partial charge on any atom is 0.372 e. The van der Waals surface area contributed by atoms with Crippen molar-refractivity contribution in [1.29, 1.82) is 0 Å². The number of likely N-dealkylation sites (tertiary alicyclic amines) is 1. The SMILES string of the molecule is Cc1cc(CNCC2CCN(C(C)C)C2)oc1C(=O)O. The molecule has 0 bridgehead atoms. The normalized spacial score (nSPS) is 19.9. The van der Waals surface area contributed by atoms with E-state index in [9.17, 15) is 4.79 Å². The van der Waals surface area contributed by atoms with Crippen LogP contribution in [0.3, 0.4) is 0 Å². The summed E-state index contributed by atoms with van der Waals surface area (Å²) in [7, 11) is 0. The number of carboxylic acid groups (broad SMARTS) is 1. The van der Waals surface area contributed by atoms with Crippen LogP contribution < -0.4 is 5.32 Å². The minimum atomic E-state index is -1.00. The average molecular weight is 280 g/mol. The van der Waals surface area contributed by atoms with Crippen molar-refractivity contribution < 1.29 is 14.3 Å². The van der Waals surface area contributed by atoms with Gasteiger partial charge in [0, 0.05) is 18.2 Å². The van der Waals surface area contributed by atoms with Gasteiger partial charge < -0.3 is 19.7 Å². The third-order valence-corrected chi connectivity index (χ3v) is 3.94. The van der Waals surface area contributed by atoms with Crippen LogP contribution in [-0.4, -0.2) is 41.7 Å². The molecule has 2 heterocycles. The standard InChI is InChI=1S/C15H24N2O3/c1-10(2)17-5-4-12(9-17)7-16-8-13-6-11(3)14(20-13)15(18)19/h6,10,12,16H,4-5,7-9H2,1-3H3,(H,18,19). The van der Waals surface area contributed by atoms with Crippen LogP contribution in [0.5, 0.6) is 0 Å². The predicted octanol–water partition coefficient (Wildman–Crippen LogP) is 2.11. The van der Waals surface area contributed by atoms with Crippen molar-refractivity contribution in [3.63, 3.8) is 0 Å². The van der Waals surface area contributed by atoms with Crippen molar-refractivity contribution >= 4 is 5.97 Å². The molecule has 1 aliphatic heterocycles. The van der Waals surface area contributed by atoms with Crippen molar-refractivity contribution in [3.8, 4) is 0 Å². The molecule has 1 atom stereocenters. The first-order chi connectivity index (χ1) is 9.47. The molecule has 112 valence electrons. The molecule has 5 nitrogen and oxygen atoms in total. The summed E-state index contributed by atoms with van der Waals surface area (Å²) < 4.78 is 5.33. The molecule has 1 unspecified atom stereocenters. The number of rotatable bonds is 6. The lowest BCUT2D eigenvalue weighted by Crippen LogP contribution is -2.30. The van der Waals surface area contributed by atoms with Crippen LogP contribution in [0.2, 0.25) is 0 Å². The Hall–Kier alpha value is -1.33. The summed E-state index contributed by atoms with van der Waals surface area (Å²) in [6.45, 7) is 10.1. The maximum atomic E-state index is 10.9. The number of aromatic carboxylic acids is 1. The second-order valence-electron chi connectivity index (χ2n) is 5.90. The molecule has 1 aromatic rings. The summed E-state index contributed by atoms with van der Waals surface area (Å²) in [5.74, 6) is 0.414. The molecule has 0 aliphatic carbocycles. The Bertz CT molecular complexity index is 468. The Morgan fingerprint density at radius 1 is 1.60 bits per heavy atom. The fourth-order valence-electron chi connectivity index (χ4n) is 2.75. The molecule has 0 spiro atoms. The highest BCUT2D eigenvalue weighted by Gasteiger charge is 2.23. The second-order valence-corrected chi connectivity index (χ2v) is 5.90. The minimum Gasteiger partial charge on any atom is -0.475 e. The first-order valence-corrected chi connectivity index (χ1v) is 7.24. The third-order valence-electron chi connectivity index (χ3n) is 3.94. The summed E-state index contributed by atoms with van der Waals surface area (Å²) in [5.41, 5.74) is 0.682. The van der Waals surface area contributed by atoms with E-state index >= 15 is 0 Å². The van der Waals surface area contributed by atoms with Crippen molar-refractivity contribution in [3.05, 3.63) is 23.2 Å². The Morgan fingerprint density at radius 2 is 2.35 bits per heavy atom. The molecule has 0 amide bonds. The van der Waals surface area contributed by atoms with Gasteiger partial charge in [-0.25, -0.2) is 4.79 Å². The van der Waals surface area contributed by atoms with Gasteiger partial charge in [-0.2, -0.15) is 0 Å². The largest absolute Gasteiger partial charge is 0.475 e. The van der Waals surface area contributed by atoms with Crippen LogP contribution in [0.25, 0.3) is 0 Å². The summed E-state index contributed by atoms with van der Waals surface area (Å²) in [6.07, 6.45) is 1.22. The highest BCUT2D eigenvalue weighted by Crippen LogP contribution is 2.18. The summed E-state index contributed by atoms with van der Waals surface area (Å²) in [5, 5.41) is 12.3. The van der Waals surface area contributed by atoms with Gasteiger partial charge in [-0.1, -0.05) is 0 Å². The van der Waals surface area contributed by atoms with E-state index in [1.807, 2.05) is 0 Å². The Labute approximate surface area is 119 Å². The van der Waals surface area contributed by atoms with Gasteiger partial charge in [0.25, 0.3) is 0 Å². The lowest BCUT2D eigenvalue weighted by molar-refractivity contribution is 0.0659. The van der Waals surface area contributed by atoms with E-state index in [1.165, 1.54) is 13.0 Å². The van der Waals surface area contributed by atoms with Gasteiger partial charge in [0.2, 0.25) is 5.76 Å². The van der Waals surface area contributed by atoms with E-state index in [2.05, 4.69) is 24.1 Å². The summed E-state index contributed by atoms with van der Waals surface area (Å²) in [4.78, 5) is 13.4. The summed E-state index contributed by atoms with van der Waals surface area (Å²) >= 11 is 0. The van der Waals surface area contributed by atoms with Gasteiger partial charge in [0.15, 0.2) is 0 Å². The van der Waals surface area contributed by atoms with Crippen LogP contribution in [0, 0.1) is 12.8 Å². The number of hydrogen-bond acceptors (Lipinski definition) is 4. The topological polar surface area (TPSA) is 65.7 Å². The molecule has 0 radical (unpaired) electrons. The molecule has 1 fully saturated rings. The van der Waals surface area contributed by atoms with Gasteiger partial charge >= 0.3 is 5.97 Å². The smallest absolute Gasteiger partial charge is 0.372 e. The average Bonchev–Trinajstić information content (AvgIpc) is 2.96. The van der Waals surface area contributed by atoms with E-state index in [0.29, 0.717) is 29.8 Å². The highest BCUT2D eigenvalue weighted by molar-refractivity contribution is 5.86. The van der Waals surface area contributed by atoms with Crippen LogP contribution in [0.4, 0.5) is 0 Å². The number of nitrogens with zero attached hydrogens (tertiary/aromatic N) is 1.